The lowest BCUT2D eigenvalue weighted by atomic mass is 10.1. The number of ether oxygens (including phenoxy) is 2. The minimum absolute atomic E-state index is 0.0232. The highest BCUT2D eigenvalue weighted by Crippen LogP contribution is 2.36. The number of nitrogens with one attached hydrogen (secondary N) is 1. The number of pyridine rings is 1. The summed E-state index contributed by atoms with van der Waals surface area (Å²) in [7, 11) is 4.71. The van der Waals surface area contributed by atoms with Gasteiger partial charge in [0.25, 0.3) is 5.91 Å². The van der Waals surface area contributed by atoms with Crippen LogP contribution >= 0.6 is 11.9 Å². The van der Waals surface area contributed by atoms with E-state index in [0.29, 0.717) is 33.9 Å². The maximum atomic E-state index is 14.8. The number of benzene rings is 1. The fourth-order valence-corrected chi connectivity index (χ4v) is 3.84. The van der Waals surface area contributed by atoms with Gasteiger partial charge in [-0.2, -0.15) is 0 Å². The van der Waals surface area contributed by atoms with Gasteiger partial charge in [0.15, 0.2) is 11.6 Å². The topological polar surface area (TPSA) is 68.1 Å². The van der Waals surface area contributed by atoms with Crippen molar-refractivity contribution in [3.05, 3.63) is 42.0 Å². The molecule has 3 rings (SSSR count). The molecule has 0 atom stereocenters. The highest BCUT2D eigenvalue weighted by molar-refractivity contribution is 8.00. The molecular formula is C23H29FN4O3S. The zero-order valence-electron chi connectivity index (χ0n) is 19.2. The van der Waals surface area contributed by atoms with Crippen LogP contribution in [0.25, 0.3) is 16.9 Å². The Balaban J connectivity index is 2.13. The molecule has 0 spiro atoms. The second-order valence-electron chi connectivity index (χ2n) is 7.63. The van der Waals surface area contributed by atoms with E-state index in [2.05, 4.69) is 16.6 Å². The number of rotatable bonds is 9. The van der Waals surface area contributed by atoms with Crippen molar-refractivity contribution in [3.63, 3.8) is 0 Å². The number of anilines is 1. The zero-order valence-corrected chi connectivity index (χ0v) is 20.0. The number of carbonyl (C=O) groups is 1. The van der Waals surface area contributed by atoms with Crippen LogP contribution in [-0.2, 0) is 0 Å². The van der Waals surface area contributed by atoms with Crippen LogP contribution in [0.3, 0.4) is 0 Å². The third-order valence-electron chi connectivity index (χ3n) is 5.19. The van der Waals surface area contributed by atoms with E-state index >= 15 is 0 Å². The van der Waals surface area contributed by atoms with Crippen molar-refractivity contribution in [3.8, 4) is 22.8 Å². The first-order valence-corrected chi connectivity index (χ1v) is 11.4. The number of fused-ring (bicyclic) bond motifs is 1. The summed E-state index contributed by atoms with van der Waals surface area (Å²) < 4.78 is 30.5. The van der Waals surface area contributed by atoms with Crippen molar-refractivity contribution in [2.24, 2.45) is 0 Å². The average Bonchev–Trinajstić information content (AvgIpc) is 3.19. The van der Waals surface area contributed by atoms with Crippen LogP contribution < -0.4 is 14.2 Å². The molecule has 32 heavy (non-hydrogen) atoms. The van der Waals surface area contributed by atoms with Crippen LogP contribution in [-0.4, -0.2) is 53.3 Å². The third-order valence-corrected chi connectivity index (χ3v) is 6.16. The molecule has 1 N–H and O–H groups in total. The number of imidazole rings is 1. The van der Waals surface area contributed by atoms with Crippen LogP contribution in [0.15, 0.2) is 30.6 Å². The molecule has 1 amide bonds. The van der Waals surface area contributed by atoms with Gasteiger partial charge in [0.05, 0.1) is 37.4 Å². The molecule has 0 unspecified atom stereocenters. The molecule has 0 saturated carbocycles. The first-order valence-electron chi connectivity index (χ1n) is 10.4. The molecule has 0 saturated heterocycles. The van der Waals surface area contributed by atoms with Gasteiger partial charge in [0.1, 0.15) is 11.4 Å². The van der Waals surface area contributed by atoms with E-state index in [4.69, 9.17) is 9.47 Å². The van der Waals surface area contributed by atoms with Gasteiger partial charge in [-0.25, -0.2) is 9.37 Å². The molecule has 0 fully saturated rings. The minimum atomic E-state index is -0.482. The van der Waals surface area contributed by atoms with Gasteiger partial charge in [0.2, 0.25) is 0 Å². The van der Waals surface area contributed by atoms with Crippen LogP contribution in [0.5, 0.6) is 11.5 Å². The molecule has 2 aromatic heterocycles. The Bertz CT molecular complexity index is 1120. The number of nitrogens with zero attached hydrogens (tertiary/aromatic N) is 3. The second-order valence-corrected chi connectivity index (χ2v) is 8.53. The molecule has 0 aliphatic carbocycles. The van der Waals surface area contributed by atoms with Crippen molar-refractivity contribution in [2.75, 3.05) is 31.7 Å². The SMILES string of the molecule is CCCSNc1cc(-c2cnc3cc(OC)c(C(=O)N(C)C(C)C)cn23)cc(F)c1OC. The Labute approximate surface area is 192 Å². The minimum Gasteiger partial charge on any atom is -0.496 e. The molecule has 172 valence electrons. The number of hydrogen-bond acceptors (Lipinski definition) is 6. The molecule has 3 aromatic rings. The molecular weight excluding hydrogens is 431 g/mol. The van der Waals surface area contributed by atoms with E-state index in [9.17, 15) is 9.18 Å². The molecule has 2 heterocycles. The van der Waals surface area contributed by atoms with Gasteiger partial charge < -0.3 is 19.1 Å². The predicted octanol–water partition coefficient (Wildman–Crippen LogP) is 5.11. The monoisotopic (exact) mass is 460 g/mol. The standard InChI is InChI=1S/C23H29FN4O3S/c1-7-8-32-26-18-10-15(9-17(24)22(18)31-6)19-12-25-21-11-20(30-5)16(13-28(19)21)23(29)27(4)14(2)3/h9-14,26H,7-8H2,1-6H3. The molecule has 0 aliphatic rings. The van der Waals surface area contributed by atoms with Gasteiger partial charge in [-0.15, -0.1) is 0 Å². The lowest BCUT2D eigenvalue weighted by Crippen LogP contribution is -2.33. The number of amides is 1. The fraction of sp³-hybridized carbons (Fsp3) is 0.391. The molecule has 1 aromatic carbocycles. The number of carbonyl (C=O) groups excluding carboxylic acids is 1. The first-order chi connectivity index (χ1) is 15.3. The van der Waals surface area contributed by atoms with Gasteiger partial charge in [-0.05, 0) is 32.4 Å². The van der Waals surface area contributed by atoms with Crippen LogP contribution in [0, 0.1) is 5.82 Å². The number of methoxy groups -OCH3 is 2. The molecule has 0 aliphatic heterocycles. The average molecular weight is 461 g/mol. The Morgan fingerprint density at radius 1 is 1.28 bits per heavy atom. The maximum Gasteiger partial charge on any atom is 0.259 e. The van der Waals surface area contributed by atoms with Crippen molar-refractivity contribution >= 4 is 29.2 Å². The number of halogens is 1. The second kappa shape index (κ2) is 10.1. The molecule has 0 radical (unpaired) electrons. The summed E-state index contributed by atoms with van der Waals surface area (Å²) in [4.78, 5) is 19.1. The zero-order chi connectivity index (χ0) is 23.4. The Morgan fingerprint density at radius 3 is 2.66 bits per heavy atom. The number of hydrogen-bond donors (Lipinski definition) is 1. The smallest absolute Gasteiger partial charge is 0.259 e. The van der Waals surface area contributed by atoms with Gasteiger partial charge >= 0.3 is 0 Å². The normalized spacial score (nSPS) is 11.1. The lowest BCUT2D eigenvalue weighted by Gasteiger charge is -2.22. The van der Waals surface area contributed by atoms with Crippen molar-refractivity contribution < 1.29 is 18.7 Å². The van der Waals surface area contributed by atoms with E-state index in [1.54, 1.807) is 34.8 Å². The summed E-state index contributed by atoms with van der Waals surface area (Å²) in [5, 5.41) is 0. The van der Waals surface area contributed by atoms with Crippen LogP contribution in [0.1, 0.15) is 37.6 Å². The molecule has 9 heteroatoms. The van der Waals surface area contributed by atoms with Gasteiger partial charge in [-0.3, -0.25) is 9.20 Å². The number of aromatic nitrogens is 2. The van der Waals surface area contributed by atoms with Crippen molar-refractivity contribution in [2.45, 2.75) is 33.2 Å². The van der Waals surface area contributed by atoms with E-state index in [1.807, 2.05) is 19.9 Å². The molecule has 7 nitrogen and oxygen atoms in total. The summed E-state index contributed by atoms with van der Waals surface area (Å²) in [6.45, 7) is 5.96. The highest BCUT2D eigenvalue weighted by Gasteiger charge is 2.22. The Kier molecular flexibility index (Phi) is 7.50. The Morgan fingerprint density at radius 2 is 2.03 bits per heavy atom. The summed E-state index contributed by atoms with van der Waals surface area (Å²) >= 11 is 1.49. The summed E-state index contributed by atoms with van der Waals surface area (Å²) in [6, 6.07) is 4.96. The van der Waals surface area contributed by atoms with E-state index in [-0.39, 0.29) is 17.7 Å². The van der Waals surface area contributed by atoms with Crippen molar-refractivity contribution in [1.82, 2.24) is 14.3 Å². The van der Waals surface area contributed by atoms with Gasteiger partial charge in [0, 0.05) is 36.7 Å². The van der Waals surface area contributed by atoms with Crippen molar-refractivity contribution in [1.29, 1.82) is 0 Å². The van der Waals surface area contributed by atoms with Crippen LogP contribution in [0.2, 0.25) is 0 Å². The fourth-order valence-electron chi connectivity index (χ4n) is 3.23. The van der Waals surface area contributed by atoms with Gasteiger partial charge in [-0.1, -0.05) is 18.9 Å². The first kappa shape index (κ1) is 23.7. The summed E-state index contributed by atoms with van der Waals surface area (Å²) in [5.74, 6) is 0.814. The predicted molar refractivity (Wildman–Crippen MR) is 127 cm³/mol. The van der Waals surface area contributed by atoms with E-state index < -0.39 is 5.82 Å². The summed E-state index contributed by atoms with van der Waals surface area (Å²) in [5.41, 5.74) is 2.79. The quantitative estimate of drug-likeness (QED) is 0.354. The lowest BCUT2D eigenvalue weighted by molar-refractivity contribution is 0.0751. The molecule has 0 bridgehead atoms. The largest absolute Gasteiger partial charge is 0.496 e. The van der Waals surface area contributed by atoms with E-state index in [0.717, 1.165) is 12.2 Å². The van der Waals surface area contributed by atoms with Crippen LogP contribution in [0.4, 0.5) is 10.1 Å². The third kappa shape index (κ3) is 4.62. The van der Waals surface area contributed by atoms with E-state index in [1.165, 1.54) is 32.2 Å². The highest BCUT2D eigenvalue weighted by atomic mass is 32.2. The maximum absolute atomic E-state index is 14.8. The Hall–Kier alpha value is -2.94. The summed E-state index contributed by atoms with van der Waals surface area (Å²) in [6.07, 6.45) is 4.33.